The Kier molecular flexibility index (Phi) is 12.9. The lowest BCUT2D eigenvalue weighted by atomic mass is 10.1. The molecule has 0 saturated carbocycles. The highest BCUT2D eigenvalue weighted by molar-refractivity contribution is 5.80. The van der Waals surface area contributed by atoms with Gasteiger partial charge in [-0.3, -0.25) is 4.99 Å². The zero-order valence-corrected chi connectivity index (χ0v) is 21.0. The van der Waals surface area contributed by atoms with Crippen molar-refractivity contribution in [1.29, 1.82) is 0 Å². The molecule has 0 aromatic heterocycles. The number of guanidine groups is 1. The Balaban J connectivity index is 2.49. The second-order valence-corrected chi connectivity index (χ2v) is 9.41. The van der Waals surface area contributed by atoms with Gasteiger partial charge in [0.05, 0.1) is 19.3 Å². The fourth-order valence-corrected chi connectivity index (χ4v) is 3.41. The van der Waals surface area contributed by atoms with Crippen molar-refractivity contribution in [2.75, 3.05) is 52.4 Å². The first-order valence-electron chi connectivity index (χ1n) is 12.0. The normalized spacial score (nSPS) is 16.5. The van der Waals surface area contributed by atoms with Crippen LogP contribution < -0.4 is 10.6 Å². The van der Waals surface area contributed by atoms with Gasteiger partial charge in [-0.15, -0.1) is 0 Å². The number of ether oxygens (including phenoxy) is 2. The number of carbonyl (C=O) groups is 1. The molecule has 0 aliphatic carbocycles. The zero-order valence-electron chi connectivity index (χ0n) is 21.0. The Morgan fingerprint density at radius 1 is 1.19 bits per heavy atom. The van der Waals surface area contributed by atoms with Crippen LogP contribution in [0, 0.1) is 0 Å². The van der Waals surface area contributed by atoms with Crippen molar-refractivity contribution in [3.8, 4) is 0 Å². The molecule has 182 valence electrons. The van der Waals surface area contributed by atoms with Gasteiger partial charge < -0.3 is 29.9 Å². The van der Waals surface area contributed by atoms with Crippen molar-refractivity contribution in [2.45, 2.75) is 85.5 Å². The van der Waals surface area contributed by atoms with Crippen molar-refractivity contribution in [2.24, 2.45) is 4.99 Å². The third kappa shape index (κ3) is 12.8. The predicted molar refractivity (Wildman–Crippen MR) is 128 cm³/mol. The standard InChI is InChI=1S/C23H47N5O3/c1-8-13-28(22(29)31-23(5,6)7)16-12-25-21(24-9-2)26-20-10-14-27(15-11-20)17-18-30-19(3)4/h19-20H,8-18H2,1-7H3,(H2,24,25,26). The summed E-state index contributed by atoms with van der Waals surface area (Å²) in [5, 5.41) is 6.90. The number of nitrogens with zero attached hydrogens (tertiary/aromatic N) is 3. The highest BCUT2D eigenvalue weighted by Gasteiger charge is 2.22. The number of likely N-dealkylation sites (tertiary alicyclic amines) is 1. The molecule has 0 atom stereocenters. The van der Waals surface area contributed by atoms with Gasteiger partial charge in [-0.1, -0.05) is 6.92 Å². The van der Waals surface area contributed by atoms with Crippen LogP contribution in [0.25, 0.3) is 0 Å². The van der Waals surface area contributed by atoms with Crippen LogP contribution in [0.4, 0.5) is 4.79 Å². The Labute approximate surface area is 190 Å². The van der Waals surface area contributed by atoms with E-state index in [1.54, 1.807) is 4.90 Å². The quantitative estimate of drug-likeness (QED) is 0.379. The molecular formula is C23H47N5O3. The largest absolute Gasteiger partial charge is 0.444 e. The number of rotatable bonds is 11. The summed E-state index contributed by atoms with van der Waals surface area (Å²) in [6.07, 6.45) is 3.10. The van der Waals surface area contributed by atoms with E-state index < -0.39 is 5.60 Å². The van der Waals surface area contributed by atoms with Crippen molar-refractivity contribution in [3.63, 3.8) is 0 Å². The van der Waals surface area contributed by atoms with E-state index in [9.17, 15) is 4.79 Å². The molecule has 0 bridgehead atoms. The number of hydrogen-bond donors (Lipinski definition) is 2. The van der Waals surface area contributed by atoms with Crippen molar-refractivity contribution >= 4 is 12.1 Å². The fraction of sp³-hybridized carbons (Fsp3) is 0.913. The summed E-state index contributed by atoms with van der Waals surface area (Å²) in [4.78, 5) is 21.3. The lowest BCUT2D eigenvalue weighted by Gasteiger charge is -2.33. The molecular weight excluding hydrogens is 394 g/mol. The van der Waals surface area contributed by atoms with Crippen LogP contribution in [0.5, 0.6) is 0 Å². The highest BCUT2D eigenvalue weighted by atomic mass is 16.6. The van der Waals surface area contributed by atoms with E-state index >= 15 is 0 Å². The van der Waals surface area contributed by atoms with Crippen LogP contribution in [-0.2, 0) is 9.47 Å². The maximum atomic E-state index is 12.4. The summed E-state index contributed by atoms with van der Waals surface area (Å²) in [6.45, 7) is 20.5. The van der Waals surface area contributed by atoms with E-state index in [4.69, 9.17) is 14.5 Å². The minimum absolute atomic E-state index is 0.267. The van der Waals surface area contributed by atoms with Gasteiger partial charge in [-0.05, 0) is 60.8 Å². The Hall–Kier alpha value is -1.54. The van der Waals surface area contributed by atoms with Crippen molar-refractivity contribution in [1.82, 2.24) is 20.4 Å². The molecule has 8 nitrogen and oxygen atoms in total. The second-order valence-electron chi connectivity index (χ2n) is 9.41. The van der Waals surface area contributed by atoms with Crippen molar-refractivity contribution in [3.05, 3.63) is 0 Å². The topological polar surface area (TPSA) is 78.4 Å². The maximum absolute atomic E-state index is 12.4. The van der Waals surface area contributed by atoms with Crippen LogP contribution in [0.1, 0.15) is 67.7 Å². The fourth-order valence-electron chi connectivity index (χ4n) is 3.41. The minimum atomic E-state index is -0.487. The minimum Gasteiger partial charge on any atom is -0.444 e. The van der Waals surface area contributed by atoms with E-state index in [0.29, 0.717) is 31.8 Å². The van der Waals surface area contributed by atoms with E-state index in [-0.39, 0.29) is 6.09 Å². The third-order valence-electron chi connectivity index (χ3n) is 4.92. The molecule has 0 aromatic rings. The molecule has 0 aromatic carbocycles. The Bertz CT molecular complexity index is 526. The van der Waals surface area contributed by atoms with Crippen molar-refractivity contribution < 1.29 is 14.3 Å². The van der Waals surface area contributed by atoms with Crippen LogP contribution in [-0.4, -0.2) is 92.0 Å². The maximum Gasteiger partial charge on any atom is 0.410 e. The molecule has 1 aliphatic heterocycles. The van der Waals surface area contributed by atoms with Gasteiger partial charge in [0.15, 0.2) is 5.96 Å². The summed E-state index contributed by atoms with van der Waals surface area (Å²) in [5.74, 6) is 0.824. The number of piperidine rings is 1. The van der Waals surface area contributed by atoms with E-state index in [2.05, 4.69) is 43.2 Å². The molecule has 1 fully saturated rings. The molecule has 2 N–H and O–H groups in total. The van der Waals surface area contributed by atoms with Gasteiger partial charge in [0.2, 0.25) is 0 Å². The van der Waals surface area contributed by atoms with Gasteiger partial charge in [-0.25, -0.2) is 4.79 Å². The molecule has 1 aliphatic rings. The van der Waals surface area contributed by atoms with Gasteiger partial charge in [0.25, 0.3) is 0 Å². The molecule has 1 saturated heterocycles. The summed E-state index contributed by atoms with van der Waals surface area (Å²) in [7, 11) is 0. The smallest absolute Gasteiger partial charge is 0.410 e. The van der Waals surface area contributed by atoms with Gasteiger partial charge >= 0.3 is 6.09 Å². The molecule has 0 unspecified atom stereocenters. The molecule has 8 heteroatoms. The first kappa shape index (κ1) is 27.5. The van der Waals surface area contributed by atoms with E-state index in [0.717, 1.165) is 58.0 Å². The lowest BCUT2D eigenvalue weighted by Crippen LogP contribution is -2.49. The Morgan fingerprint density at radius 3 is 2.42 bits per heavy atom. The Morgan fingerprint density at radius 2 is 1.87 bits per heavy atom. The van der Waals surface area contributed by atoms with Crippen LogP contribution in [0.2, 0.25) is 0 Å². The molecule has 0 spiro atoms. The third-order valence-corrected chi connectivity index (χ3v) is 4.92. The molecule has 0 radical (unpaired) electrons. The lowest BCUT2D eigenvalue weighted by molar-refractivity contribution is 0.0256. The van der Waals surface area contributed by atoms with Gasteiger partial charge in [0.1, 0.15) is 5.60 Å². The summed E-state index contributed by atoms with van der Waals surface area (Å²) in [5.41, 5.74) is -0.487. The van der Waals surface area contributed by atoms with E-state index in [1.807, 2.05) is 20.8 Å². The van der Waals surface area contributed by atoms with Gasteiger partial charge in [0, 0.05) is 45.3 Å². The SMILES string of the molecule is CCCN(CCN=C(NCC)NC1CCN(CCOC(C)C)CC1)C(=O)OC(C)(C)C. The van der Waals surface area contributed by atoms with Gasteiger partial charge in [-0.2, -0.15) is 0 Å². The first-order chi connectivity index (χ1) is 14.6. The first-order valence-corrected chi connectivity index (χ1v) is 12.0. The van der Waals surface area contributed by atoms with E-state index in [1.165, 1.54) is 0 Å². The highest BCUT2D eigenvalue weighted by Crippen LogP contribution is 2.11. The number of amides is 1. The molecule has 1 amide bonds. The number of carbonyl (C=O) groups excluding carboxylic acids is 1. The molecule has 31 heavy (non-hydrogen) atoms. The number of nitrogens with one attached hydrogen (secondary N) is 2. The summed E-state index contributed by atoms with van der Waals surface area (Å²) >= 11 is 0. The monoisotopic (exact) mass is 441 g/mol. The summed E-state index contributed by atoms with van der Waals surface area (Å²) in [6, 6.07) is 0.415. The number of hydrogen-bond acceptors (Lipinski definition) is 5. The average molecular weight is 442 g/mol. The molecule has 1 heterocycles. The zero-order chi connectivity index (χ0) is 23.3. The number of aliphatic imine (C=N–C) groups is 1. The predicted octanol–water partition coefficient (Wildman–Crippen LogP) is 3.08. The average Bonchev–Trinajstić information content (AvgIpc) is 2.67. The second kappa shape index (κ2) is 14.5. The summed E-state index contributed by atoms with van der Waals surface area (Å²) < 4.78 is 11.2. The van der Waals surface area contributed by atoms with Crippen LogP contribution in [0.15, 0.2) is 4.99 Å². The van der Waals surface area contributed by atoms with Crippen LogP contribution in [0.3, 0.4) is 0 Å². The van der Waals surface area contributed by atoms with Crippen LogP contribution >= 0.6 is 0 Å². The molecule has 1 rings (SSSR count).